The summed E-state index contributed by atoms with van der Waals surface area (Å²) in [5.41, 5.74) is 2.01. The molecule has 4 heteroatoms. The number of carbonyl (C=O) groups is 2. The van der Waals surface area contributed by atoms with Gasteiger partial charge in [0, 0.05) is 38.0 Å². The van der Waals surface area contributed by atoms with E-state index in [1.807, 2.05) is 27.8 Å². The van der Waals surface area contributed by atoms with Crippen LogP contribution in [0.3, 0.4) is 0 Å². The second-order valence-corrected chi connectivity index (χ2v) is 13.7. The van der Waals surface area contributed by atoms with Crippen LogP contribution in [0, 0.1) is 39.9 Å². The average molecular weight is 455 g/mol. The smallest absolute Gasteiger partial charge is 0.227 e. The first-order valence-electron chi connectivity index (χ1n) is 13.6. The molecule has 1 aliphatic heterocycles. The van der Waals surface area contributed by atoms with Crippen LogP contribution in [-0.4, -0.2) is 47.3 Å². The summed E-state index contributed by atoms with van der Waals surface area (Å²) in [7, 11) is 2.03. The highest BCUT2D eigenvalue weighted by Crippen LogP contribution is 2.68. The molecule has 3 saturated carbocycles. The third-order valence-corrected chi connectivity index (χ3v) is 11.3. The minimum absolute atomic E-state index is 0.271. The van der Waals surface area contributed by atoms with E-state index in [0.29, 0.717) is 28.8 Å². The van der Waals surface area contributed by atoms with Crippen molar-refractivity contribution in [3.63, 3.8) is 0 Å². The molecule has 1 saturated heterocycles. The Morgan fingerprint density at radius 2 is 1.76 bits per heavy atom. The van der Waals surface area contributed by atoms with Gasteiger partial charge in [0.1, 0.15) is 0 Å². The number of hydrogen-bond acceptors (Lipinski definition) is 2. The van der Waals surface area contributed by atoms with Gasteiger partial charge < -0.3 is 9.80 Å². The molecule has 0 aromatic carbocycles. The Hall–Kier alpha value is -1.32. The summed E-state index contributed by atoms with van der Waals surface area (Å²) in [6.45, 7) is 13.8. The van der Waals surface area contributed by atoms with E-state index in [1.54, 1.807) is 12.5 Å². The van der Waals surface area contributed by atoms with Crippen molar-refractivity contribution in [3.8, 4) is 0 Å². The lowest BCUT2D eigenvalue weighted by atomic mass is 9.47. The molecule has 8 atom stereocenters. The summed E-state index contributed by atoms with van der Waals surface area (Å²) in [6, 6.07) is 0.763. The van der Waals surface area contributed by atoms with Crippen LogP contribution in [0.25, 0.3) is 0 Å². The van der Waals surface area contributed by atoms with Crippen molar-refractivity contribution in [2.24, 2.45) is 39.9 Å². The van der Waals surface area contributed by atoms with Gasteiger partial charge in [-0.25, -0.2) is 0 Å². The second kappa shape index (κ2) is 7.59. The first-order valence-corrected chi connectivity index (χ1v) is 13.6. The Bertz CT molecular complexity index is 871. The van der Waals surface area contributed by atoms with Crippen molar-refractivity contribution < 1.29 is 9.59 Å². The zero-order chi connectivity index (χ0) is 23.9. The fourth-order valence-corrected chi connectivity index (χ4v) is 9.63. The standard InChI is InChI=1S/C29H46N2O2/c1-18-23-10-11-25-22-9-8-20-16-21(30(7)26(33)27(3,4)5)12-14-28(20,6)24(22)13-15-29(23,25)17-31(18)19(2)32/h8,18,21-25H,9-17H2,1-7H3/t18-,21-,22+,23+,24?,25-,28-,29-/m0/s1. The summed E-state index contributed by atoms with van der Waals surface area (Å²) < 4.78 is 0. The van der Waals surface area contributed by atoms with Crippen LogP contribution in [0.5, 0.6) is 0 Å². The van der Waals surface area contributed by atoms with E-state index in [0.717, 1.165) is 37.1 Å². The minimum atomic E-state index is -0.315. The highest BCUT2D eigenvalue weighted by atomic mass is 16.2. The normalized spacial score (nSPS) is 44.3. The SMILES string of the molecule is CC(=O)N1C[C@]23CCC4[C@@H](CC=C5C[C@@H](N(C)C(=O)C(C)(C)C)CC[C@@]54C)[C@@H]2CC[C@@H]3[C@@H]1C. The van der Waals surface area contributed by atoms with Crippen LogP contribution >= 0.6 is 0 Å². The summed E-state index contributed by atoms with van der Waals surface area (Å²) in [5.74, 6) is 3.59. The lowest BCUT2D eigenvalue weighted by Gasteiger charge is -2.58. The van der Waals surface area contributed by atoms with Crippen LogP contribution in [-0.2, 0) is 9.59 Å². The minimum Gasteiger partial charge on any atom is -0.342 e. The fourth-order valence-electron chi connectivity index (χ4n) is 9.63. The summed E-state index contributed by atoms with van der Waals surface area (Å²) in [5, 5.41) is 0. The second-order valence-electron chi connectivity index (χ2n) is 13.7. The van der Waals surface area contributed by atoms with Crippen molar-refractivity contribution in [2.45, 2.75) is 105 Å². The van der Waals surface area contributed by atoms with Gasteiger partial charge in [0.25, 0.3) is 0 Å². The number of carbonyl (C=O) groups excluding carboxylic acids is 2. The number of rotatable bonds is 1. The van der Waals surface area contributed by atoms with Gasteiger partial charge in [-0.2, -0.15) is 0 Å². The van der Waals surface area contributed by atoms with E-state index in [1.165, 1.54) is 38.5 Å². The maximum absolute atomic E-state index is 12.9. The van der Waals surface area contributed by atoms with Crippen LogP contribution < -0.4 is 0 Å². The van der Waals surface area contributed by atoms with Crippen molar-refractivity contribution in [2.75, 3.05) is 13.6 Å². The third kappa shape index (κ3) is 3.28. The van der Waals surface area contributed by atoms with Crippen molar-refractivity contribution in [3.05, 3.63) is 11.6 Å². The summed E-state index contributed by atoms with van der Waals surface area (Å²) in [4.78, 5) is 29.6. The largest absolute Gasteiger partial charge is 0.342 e. The first kappa shape index (κ1) is 23.4. The number of likely N-dealkylation sites (tertiary alicyclic amines) is 1. The molecule has 0 radical (unpaired) electrons. The molecular formula is C29H46N2O2. The van der Waals surface area contributed by atoms with Gasteiger partial charge in [-0.3, -0.25) is 9.59 Å². The van der Waals surface area contributed by atoms with Crippen molar-refractivity contribution >= 4 is 11.8 Å². The molecule has 0 aromatic heterocycles. The molecule has 1 spiro atoms. The fraction of sp³-hybridized carbons (Fsp3) is 0.862. The molecular weight excluding hydrogens is 408 g/mol. The van der Waals surface area contributed by atoms with Crippen LogP contribution in [0.1, 0.15) is 92.9 Å². The number of amides is 2. The maximum Gasteiger partial charge on any atom is 0.227 e. The molecule has 0 N–H and O–H groups in total. The van der Waals surface area contributed by atoms with Gasteiger partial charge in [0.2, 0.25) is 11.8 Å². The van der Waals surface area contributed by atoms with E-state index in [4.69, 9.17) is 0 Å². The Morgan fingerprint density at radius 3 is 2.42 bits per heavy atom. The van der Waals surface area contributed by atoms with Gasteiger partial charge in [-0.1, -0.05) is 39.3 Å². The Balaban J connectivity index is 1.38. The van der Waals surface area contributed by atoms with E-state index in [-0.39, 0.29) is 17.2 Å². The molecule has 4 fully saturated rings. The molecule has 184 valence electrons. The predicted octanol–water partition coefficient (Wildman–Crippen LogP) is 5.67. The molecule has 33 heavy (non-hydrogen) atoms. The van der Waals surface area contributed by atoms with Gasteiger partial charge in [-0.05, 0) is 92.8 Å². The predicted molar refractivity (Wildman–Crippen MR) is 132 cm³/mol. The molecule has 1 unspecified atom stereocenters. The van der Waals surface area contributed by atoms with Gasteiger partial charge >= 0.3 is 0 Å². The average Bonchev–Trinajstić information content (AvgIpc) is 3.26. The topological polar surface area (TPSA) is 40.6 Å². The summed E-state index contributed by atoms with van der Waals surface area (Å²) in [6.07, 6.45) is 12.5. The highest BCUT2D eigenvalue weighted by Gasteiger charge is 2.64. The maximum atomic E-state index is 12.9. The van der Waals surface area contributed by atoms with Crippen LogP contribution in [0.4, 0.5) is 0 Å². The Labute approximate surface area is 201 Å². The van der Waals surface area contributed by atoms with Crippen LogP contribution in [0.2, 0.25) is 0 Å². The van der Waals surface area contributed by atoms with Gasteiger partial charge in [-0.15, -0.1) is 0 Å². The van der Waals surface area contributed by atoms with E-state index >= 15 is 0 Å². The van der Waals surface area contributed by atoms with E-state index in [2.05, 4.69) is 29.7 Å². The molecule has 4 aliphatic carbocycles. The zero-order valence-corrected chi connectivity index (χ0v) is 22.1. The number of fused-ring (bicyclic) bond motifs is 4. The molecule has 5 rings (SSSR count). The molecule has 4 nitrogen and oxygen atoms in total. The Kier molecular flexibility index (Phi) is 5.39. The summed E-state index contributed by atoms with van der Waals surface area (Å²) >= 11 is 0. The molecule has 2 amide bonds. The van der Waals surface area contributed by atoms with E-state index in [9.17, 15) is 9.59 Å². The number of allylic oxidation sites excluding steroid dienone is 1. The number of nitrogens with zero attached hydrogens (tertiary/aromatic N) is 2. The molecule has 0 bridgehead atoms. The quantitative estimate of drug-likeness (QED) is 0.479. The molecule has 1 heterocycles. The van der Waals surface area contributed by atoms with Gasteiger partial charge in [0.05, 0.1) is 0 Å². The van der Waals surface area contributed by atoms with Crippen molar-refractivity contribution in [1.82, 2.24) is 9.80 Å². The monoisotopic (exact) mass is 454 g/mol. The zero-order valence-electron chi connectivity index (χ0n) is 22.1. The lowest BCUT2D eigenvalue weighted by molar-refractivity contribution is -0.141. The third-order valence-electron chi connectivity index (χ3n) is 11.3. The van der Waals surface area contributed by atoms with Crippen molar-refractivity contribution in [1.29, 1.82) is 0 Å². The highest BCUT2D eigenvalue weighted by molar-refractivity contribution is 5.81. The van der Waals surface area contributed by atoms with Crippen LogP contribution in [0.15, 0.2) is 11.6 Å². The van der Waals surface area contributed by atoms with Gasteiger partial charge in [0.15, 0.2) is 0 Å². The first-order chi connectivity index (χ1) is 15.4. The number of hydrogen-bond donors (Lipinski definition) is 0. The van der Waals surface area contributed by atoms with E-state index < -0.39 is 0 Å². The molecule has 5 aliphatic rings. The Morgan fingerprint density at radius 1 is 1.06 bits per heavy atom. The lowest BCUT2D eigenvalue weighted by Crippen LogP contribution is -2.53. The molecule has 0 aromatic rings.